The Morgan fingerprint density at radius 2 is 2.50 bits per heavy atom. The molecular weight excluding hydrogens is 202 g/mol. The number of nitrogens with one attached hydrogen (secondary N) is 1. The van der Waals surface area contributed by atoms with Gasteiger partial charge in [-0.25, -0.2) is 0 Å². The van der Waals surface area contributed by atoms with Crippen molar-refractivity contribution in [1.82, 2.24) is 15.1 Å². The lowest BCUT2D eigenvalue weighted by Crippen LogP contribution is -2.29. The summed E-state index contributed by atoms with van der Waals surface area (Å²) in [6.45, 7) is 1.94. The van der Waals surface area contributed by atoms with Gasteiger partial charge in [0.25, 0.3) is 0 Å². The fourth-order valence-corrected chi connectivity index (χ4v) is 2.90. The zero-order valence-electron chi connectivity index (χ0n) is 9.72. The van der Waals surface area contributed by atoms with E-state index in [1.807, 2.05) is 17.9 Å². The quantitative estimate of drug-likeness (QED) is 0.827. The van der Waals surface area contributed by atoms with Crippen LogP contribution in [-0.2, 0) is 18.3 Å². The van der Waals surface area contributed by atoms with E-state index in [1.54, 1.807) is 0 Å². The van der Waals surface area contributed by atoms with Crippen molar-refractivity contribution >= 4 is 0 Å². The smallest absolute Gasteiger partial charge is 0.0762 e. The molecule has 0 aliphatic carbocycles. The third-order valence-corrected chi connectivity index (χ3v) is 3.71. The Morgan fingerprint density at radius 3 is 3.12 bits per heavy atom. The molecule has 2 saturated heterocycles. The lowest BCUT2D eigenvalue weighted by Gasteiger charge is -2.18. The van der Waals surface area contributed by atoms with E-state index in [9.17, 15) is 0 Å². The fourth-order valence-electron chi connectivity index (χ4n) is 2.90. The Morgan fingerprint density at radius 1 is 1.56 bits per heavy atom. The molecule has 0 saturated carbocycles. The van der Waals surface area contributed by atoms with Crippen molar-refractivity contribution < 1.29 is 4.74 Å². The van der Waals surface area contributed by atoms with Gasteiger partial charge in [0.05, 0.1) is 17.9 Å². The van der Waals surface area contributed by atoms with Gasteiger partial charge >= 0.3 is 0 Å². The summed E-state index contributed by atoms with van der Waals surface area (Å²) >= 11 is 0. The molecule has 3 heterocycles. The van der Waals surface area contributed by atoms with Gasteiger partial charge in [0.15, 0.2) is 0 Å². The number of nitrogens with zero attached hydrogens (tertiary/aromatic N) is 2. The Bertz CT molecular complexity index is 363. The summed E-state index contributed by atoms with van der Waals surface area (Å²) in [6.07, 6.45) is 6.87. The second kappa shape index (κ2) is 4.18. The second-order valence-electron chi connectivity index (χ2n) is 4.98. The average molecular weight is 221 g/mol. The van der Waals surface area contributed by atoms with Gasteiger partial charge in [-0.05, 0) is 25.3 Å². The van der Waals surface area contributed by atoms with Crippen LogP contribution in [0.5, 0.6) is 0 Å². The van der Waals surface area contributed by atoms with Gasteiger partial charge in [0.1, 0.15) is 0 Å². The van der Waals surface area contributed by atoms with Crippen LogP contribution in [0, 0.1) is 5.92 Å². The minimum absolute atomic E-state index is 0.529. The zero-order chi connectivity index (χ0) is 11.0. The summed E-state index contributed by atoms with van der Waals surface area (Å²) < 4.78 is 7.68. The number of hydrogen-bond donors (Lipinski definition) is 1. The van der Waals surface area contributed by atoms with Crippen molar-refractivity contribution in [2.45, 2.75) is 38.0 Å². The second-order valence-corrected chi connectivity index (χ2v) is 4.98. The van der Waals surface area contributed by atoms with Crippen LogP contribution in [0.2, 0.25) is 0 Å². The highest BCUT2D eigenvalue weighted by Gasteiger charge is 2.40. The highest BCUT2D eigenvalue weighted by atomic mass is 16.5. The maximum Gasteiger partial charge on any atom is 0.0762 e. The van der Waals surface area contributed by atoms with Gasteiger partial charge in [-0.15, -0.1) is 0 Å². The first-order chi connectivity index (χ1) is 7.81. The minimum Gasteiger partial charge on any atom is -0.375 e. The molecule has 1 aromatic heterocycles. The van der Waals surface area contributed by atoms with Gasteiger partial charge in [0, 0.05) is 32.3 Å². The molecule has 0 amide bonds. The Balaban J connectivity index is 1.44. The maximum absolute atomic E-state index is 5.83. The van der Waals surface area contributed by atoms with Crippen LogP contribution in [0.1, 0.15) is 25.0 Å². The summed E-state index contributed by atoms with van der Waals surface area (Å²) in [6, 6.07) is 2.06. The topological polar surface area (TPSA) is 39.1 Å². The Kier molecular flexibility index (Phi) is 2.69. The molecule has 16 heavy (non-hydrogen) atoms. The fraction of sp³-hybridized carbons (Fsp3) is 0.750. The number of rotatable bonds is 4. The molecular formula is C12H19N3O. The Hall–Kier alpha value is -0.870. The van der Waals surface area contributed by atoms with E-state index in [1.165, 1.54) is 19.3 Å². The summed E-state index contributed by atoms with van der Waals surface area (Å²) in [5.41, 5.74) is 1.12. The first-order valence-electron chi connectivity index (χ1n) is 6.16. The molecule has 2 aliphatic heterocycles. The first kappa shape index (κ1) is 10.3. The van der Waals surface area contributed by atoms with Crippen molar-refractivity contribution in [2.24, 2.45) is 13.0 Å². The number of ether oxygens (including phenoxy) is 1. The number of aromatic nitrogens is 2. The van der Waals surface area contributed by atoms with Gasteiger partial charge in [-0.2, -0.15) is 5.10 Å². The monoisotopic (exact) mass is 221 g/mol. The molecule has 88 valence electrons. The molecule has 2 aliphatic rings. The molecule has 1 aromatic rings. The number of aryl methyl sites for hydroxylation is 1. The first-order valence-corrected chi connectivity index (χ1v) is 6.16. The highest BCUT2D eigenvalue weighted by Crippen LogP contribution is 2.38. The van der Waals surface area contributed by atoms with Crippen LogP contribution < -0.4 is 5.32 Å². The highest BCUT2D eigenvalue weighted by molar-refractivity contribution is 4.98. The van der Waals surface area contributed by atoms with E-state index in [2.05, 4.69) is 16.5 Å². The van der Waals surface area contributed by atoms with Crippen molar-refractivity contribution in [2.75, 3.05) is 6.54 Å². The Labute approximate surface area is 96.0 Å². The van der Waals surface area contributed by atoms with Crippen LogP contribution >= 0.6 is 0 Å². The maximum atomic E-state index is 5.83. The molecule has 0 spiro atoms. The molecule has 4 nitrogen and oxygen atoms in total. The predicted molar refractivity (Wildman–Crippen MR) is 60.9 cm³/mol. The van der Waals surface area contributed by atoms with Gasteiger partial charge < -0.3 is 10.1 Å². The van der Waals surface area contributed by atoms with Crippen molar-refractivity contribution in [3.63, 3.8) is 0 Å². The molecule has 3 rings (SSSR count). The molecule has 4 heteroatoms. The van der Waals surface area contributed by atoms with E-state index in [0.29, 0.717) is 12.2 Å². The van der Waals surface area contributed by atoms with Crippen LogP contribution in [0.3, 0.4) is 0 Å². The lowest BCUT2D eigenvalue weighted by atomic mass is 9.89. The van der Waals surface area contributed by atoms with Crippen LogP contribution in [0.15, 0.2) is 12.3 Å². The van der Waals surface area contributed by atoms with Crippen LogP contribution in [0.25, 0.3) is 0 Å². The molecule has 1 N–H and O–H groups in total. The zero-order valence-corrected chi connectivity index (χ0v) is 9.72. The summed E-state index contributed by atoms with van der Waals surface area (Å²) in [4.78, 5) is 0. The number of fused-ring (bicyclic) bond motifs is 2. The number of hydrogen-bond acceptors (Lipinski definition) is 3. The molecule has 2 fully saturated rings. The predicted octanol–water partition coefficient (Wildman–Crippen LogP) is 1.08. The van der Waals surface area contributed by atoms with Crippen LogP contribution in [-0.4, -0.2) is 28.5 Å². The normalized spacial score (nSPS) is 32.4. The summed E-state index contributed by atoms with van der Waals surface area (Å²) in [5, 5.41) is 7.83. The third kappa shape index (κ3) is 1.99. The van der Waals surface area contributed by atoms with E-state index in [0.717, 1.165) is 24.7 Å². The standard InChI is InChI=1S/C12H19N3O/c1-15-5-4-10(14-15)8-13-7-9-6-11-2-3-12(9)16-11/h4-5,9,11-13H,2-3,6-8H2,1H3. The van der Waals surface area contributed by atoms with E-state index in [4.69, 9.17) is 4.74 Å². The third-order valence-electron chi connectivity index (χ3n) is 3.71. The van der Waals surface area contributed by atoms with E-state index >= 15 is 0 Å². The van der Waals surface area contributed by atoms with Crippen LogP contribution in [0.4, 0.5) is 0 Å². The van der Waals surface area contributed by atoms with Gasteiger partial charge in [-0.1, -0.05) is 0 Å². The lowest BCUT2D eigenvalue weighted by molar-refractivity contribution is 0.0923. The average Bonchev–Trinajstić information content (AvgIpc) is 2.94. The van der Waals surface area contributed by atoms with Crippen molar-refractivity contribution in [3.05, 3.63) is 18.0 Å². The van der Waals surface area contributed by atoms with Crippen molar-refractivity contribution in [3.8, 4) is 0 Å². The summed E-state index contributed by atoms with van der Waals surface area (Å²) in [7, 11) is 1.95. The van der Waals surface area contributed by atoms with E-state index < -0.39 is 0 Å². The minimum atomic E-state index is 0.529. The van der Waals surface area contributed by atoms with E-state index in [-0.39, 0.29) is 0 Å². The van der Waals surface area contributed by atoms with Crippen molar-refractivity contribution in [1.29, 1.82) is 0 Å². The van der Waals surface area contributed by atoms with Gasteiger partial charge in [0.2, 0.25) is 0 Å². The summed E-state index contributed by atoms with van der Waals surface area (Å²) in [5.74, 6) is 0.725. The SMILES string of the molecule is Cn1ccc(CNCC2CC3CCC2O3)n1. The molecule has 3 atom stereocenters. The largest absolute Gasteiger partial charge is 0.375 e. The molecule has 3 unspecified atom stereocenters. The molecule has 0 aromatic carbocycles. The molecule has 0 radical (unpaired) electrons. The van der Waals surface area contributed by atoms with Gasteiger partial charge in [-0.3, -0.25) is 4.68 Å². The molecule has 2 bridgehead atoms.